The van der Waals surface area contributed by atoms with Crippen molar-refractivity contribution in [2.75, 3.05) is 36.8 Å². The minimum Gasteiger partial charge on any atom is -0.368 e. The minimum absolute atomic E-state index is 0.132. The number of H-pyrrole nitrogens is 1. The summed E-state index contributed by atoms with van der Waals surface area (Å²) in [5.74, 6) is 1.65. The summed E-state index contributed by atoms with van der Waals surface area (Å²) in [4.78, 5) is 33.4. The van der Waals surface area contributed by atoms with Gasteiger partial charge in [0, 0.05) is 36.8 Å². The first-order valence-electron chi connectivity index (χ1n) is 10.4. The van der Waals surface area contributed by atoms with E-state index in [2.05, 4.69) is 24.8 Å². The Hall–Kier alpha value is -3.65. The number of hydrogen-bond acceptors (Lipinski definition) is 6. The number of carbonyl (C=O) groups excluding carboxylic acids is 1. The van der Waals surface area contributed by atoms with Crippen molar-refractivity contribution in [1.82, 2.24) is 24.8 Å². The van der Waals surface area contributed by atoms with Crippen LogP contribution in [-0.2, 0) is 11.2 Å². The molecule has 0 atom stereocenters. The number of hydrogen-bond donors (Lipinski definition) is 2. The number of benzene rings is 2. The lowest BCUT2D eigenvalue weighted by molar-refractivity contribution is -0.130. The normalized spacial score (nSPS) is 14.2. The summed E-state index contributed by atoms with van der Waals surface area (Å²) < 4.78 is 0. The van der Waals surface area contributed by atoms with Crippen LogP contribution in [0.1, 0.15) is 5.56 Å². The largest absolute Gasteiger partial charge is 0.368 e. The number of amides is 1. The Morgan fingerprint density at radius 1 is 1.00 bits per heavy atom. The number of rotatable bonds is 4. The van der Waals surface area contributed by atoms with Gasteiger partial charge >= 0.3 is 0 Å². The zero-order valence-corrected chi connectivity index (χ0v) is 18.1. The zero-order valence-electron chi connectivity index (χ0n) is 17.3. The fourth-order valence-electron chi connectivity index (χ4n) is 3.95. The molecule has 0 radical (unpaired) electrons. The molecular formula is C23H22ClN7O. The number of anilines is 2. The van der Waals surface area contributed by atoms with E-state index in [0.29, 0.717) is 54.9 Å². The summed E-state index contributed by atoms with van der Waals surface area (Å²) >= 11 is 6.13. The van der Waals surface area contributed by atoms with Gasteiger partial charge in [-0.15, -0.1) is 0 Å². The van der Waals surface area contributed by atoms with E-state index in [4.69, 9.17) is 17.3 Å². The Morgan fingerprint density at radius 3 is 2.53 bits per heavy atom. The highest BCUT2D eigenvalue weighted by molar-refractivity contribution is 6.30. The number of halogens is 1. The maximum atomic E-state index is 12.7. The number of fused-ring (bicyclic) bond motifs is 1. The van der Waals surface area contributed by atoms with Crippen LogP contribution in [-0.4, -0.2) is 56.9 Å². The van der Waals surface area contributed by atoms with E-state index in [9.17, 15) is 4.79 Å². The van der Waals surface area contributed by atoms with E-state index in [-0.39, 0.29) is 11.9 Å². The maximum absolute atomic E-state index is 12.7. The monoisotopic (exact) mass is 447 g/mol. The first kappa shape index (κ1) is 20.3. The Morgan fingerprint density at radius 2 is 1.78 bits per heavy atom. The number of aromatic amines is 1. The molecule has 1 aliphatic heterocycles. The second kappa shape index (κ2) is 8.47. The molecule has 1 saturated heterocycles. The standard InChI is InChI=1S/C23H22ClN7O/c24-17-8-4-7-16(14-17)20-26-19-21(27-20)28-23(25)29-22(19)31-11-9-30(10-12-31)18(32)13-15-5-2-1-3-6-15/h1-8,14H,9-13H2,(H3,25,26,27,28,29). The average molecular weight is 448 g/mol. The van der Waals surface area contributed by atoms with Crippen molar-refractivity contribution in [3.63, 3.8) is 0 Å². The van der Waals surface area contributed by atoms with Crippen LogP contribution in [0.4, 0.5) is 11.8 Å². The van der Waals surface area contributed by atoms with Gasteiger partial charge < -0.3 is 20.5 Å². The minimum atomic E-state index is 0.132. The van der Waals surface area contributed by atoms with E-state index in [1.54, 1.807) is 0 Å². The van der Waals surface area contributed by atoms with E-state index >= 15 is 0 Å². The van der Waals surface area contributed by atoms with Gasteiger partial charge in [-0.1, -0.05) is 54.1 Å². The number of carbonyl (C=O) groups is 1. The number of imidazole rings is 1. The SMILES string of the molecule is Nc1nc(N2CCN(C(=O)Cc3ccccc3)CC2)c2[nH]c(-c3cccc(Cl)c3)nc2n1. The second-order valence-corrected chi connectivity index (χ2v) is 8.17. The van der Waals surface area contributed by atoms with Crippen molar-refractivity contribution in [3.05, 3.63) is 65.2 Å². The molecule has 0 saturated carbocycles. The van der Waals surface area contributed by atoms with Crippen molar-refractivity contribution >= 4 is 40.4 Å². The van der Waals surface area contributed by atoms with Crippen LogP contribution in [0.15, 0.2) is 54.6 Å². The van der Waals surface area contributed by atoms with Crippen LogP contribution in [0, 0.1) is 0 Å². The highest BCUT2D eigenvalue weighted by Crippen LogP contribution is 2.28. The molecule has 1 aliphatic rings. The highest BCUT2D eigenvalue weighted by Gasteiger charge is 2.25. The molecular weight excluding hydrogens is 426 g/mol. The Bertz CT molecular complexity index is 1270. The number of nitrogens with zero attached hydrogens (tertiary/aromatic N) is 5. The Kier molecular flexibility index (Phi) is 5.36. The van der Waals surface area contributed by atoms with Gasteiger partial charge in [0.25, 0.3) is 0 Å². The van der Waals surface area contributed by atoms with Gasteiger partial charge in [-0.3, -0.25) is 4.79 Å². The van der Waals surface area contributed by atoms with E-state index in [1.807, 2.05) is 59.5 Å². The predicted octanol–water partition coefficient (Wildman–Crippen LogP) is 3.15. The lowest BCUT2D eigenvalue weighted by Crippen LogP contribution is -2.49. The topological polar surface area (TPSA) is 104 Å². The second-order valence-electron chi connectivity index (χ2n) is 7.73. The fourth-order valence-corrected chi connectivity index (χ4v) is 4.14. The Labute approximate surface area is 190 Å². The van der Waals surface area contributed by atoms with E-state index < -0.39 is 0 Å². The van der Waals surface area contributed by atoms with Gasteiger partial charge in [0.1, 0.15) is 11.3 Å². The third kappa shape index (κ3) is 4.09. The summed E-state index contributed by atoms with van der Waals surface area (Å²) in [5, 5.41) is 0.630. The van der Waals surface area contributed by atoms with E-state index in [1.165, 1.54) is 0 Å². The third-order valence-electron chi connectivity index (χ3n) is 5.58. The lowest BCUT2D eigenvalue weighted by Gasteiger charge is -2.35. The van der Waals surface area contributed by atoms with Crippen LogP contribution in [0.3, 0.4) is 0 Å². The fraction of sp³-hybridized carbons (Fsp3) is 0.217. The van der Waals surface area contributed by atoms with Crippen LogP contribution >= 0.6 is 11.6 Å². The molecule has 162 valence electrons. The van der Waals surface area contributed by atoms with Crippen molar-refractivity contribution in [2.24, 2.45) is 0 Å². The number of piperazine rings is 1. The zero-order chi connectivity index (χ0) is 22.1. The van der Waals surface area contributed by atoms with E-state index in [0.717, 1.165) is 16.6 Å². The summed E-state index contributed by atoms with van der Waals surface area (Å²) in [6.45, 7) is 2.54. The Balaban J connectivity index is 1.35. The van der Waals surface area contributed by atoms with Crippen LogP contribution < -0.4 is 10.6 Å². The smallest absolute Gasteiger partial charge is 0.227 e. The van der Waals surface area contributed by atoms with Gasteiger partial charge in [0.2, 0.25) is 11.9 Å². The summed E-state index contributed by atoms with van der Waals surface area (Å²) in [7, 11) is 0. The molecule has 3 N–H and O–H groups in total. The molecule has 0 unspecified atom stereocenters. The van der Waals surface area contributed by atoms with Gasteiger partial charge in [0.15, 0.2) is 11.5 Å². The van der Waals surface area contributed by atoms with Gasteiger partial charge in [-0.05, 0) is 17.7 Å². The van der Waals surface area contributed by atoms with Gasteiger partial charge in [-0.2, -0.15) is 9.97 Å². The average Bonchev–Trinajstić information content (AvgIpc) is 3.23. The van der Waals surface area contributed by atoms with Crippen LogP contribution in [0.2, 0.25) is 5.02 Å². The van der Waals surface area contributed by atoms with Gasteiger partial charge in [0.05, 0.1) is 6.42 Å². The van der Waals surface area contributed by atoms with Crippen molar-refractivity contribution in [1.29, 1.82) is 0 Å². The summed E-state index contributed by atoms with van der Waals surface area (Å²) in [6.07, 6.45) is 0.412. The summed E-state index contributed by atoms with van der Waals surface area (Å²) in [5.41, 5.74) is 9.08. The summed E-state index contributed by atoms with van der Waals surface area (Å²) in [6, 6.07) is 17.3. The molecule has 2 aromatic carbocycles. The molecule has 1 amide bonds. The number of nitrogens with two attached hydrogens (primary N) is 1. The molecule has 5 rings (SSSR count). The molecule has 2 aromatic heterocycles. The highest BCUT2D eigenvalue weighted by atomic mass is 35.5. The number of nitrogen functional groups attached to an aromatic ring is 1. The number of aromatic nitrogens is 4. The molecule has 9 heteroatoms. The molecule has 4 aromatic rings. The molecule has 32 heavy (non-hydrogen) atoms. The van der Waals surface area contributed by atoms with Crippen molar-refractivity contribution < 1.29 is 4.79 Å². The van der Waals surface area contributed by atoms with Gasteiger partial charge in [-0.25, -0.2) is 4.98 Å². The molecule has 0 aliphatic carbocycles. The maximum Gasteiger partial charge on any atom is 0.227 e. The molecule has 0 spiro atoms. The van der Waals surface area contributed by atoms with Crippen molar-refractivity contribution in [3.8, 4) is 11.4 Å². The lowest BCUT2D eigenvalue weighted by atomic mass is 10.1. The van der Waals surface area contributed by atoms with Crippen molar-refractivity contribution in [2.45, 2.75) is 6.42 Å². The molecule has 8 nitrogen and oxygen atoms in total. The number of nitrogens with one attached hydrogen (secondary N) is 1. The predicted molar refractivity (Wildman–Crippen MR) is 125 cm³/mol. The first-order chi connectivity index (χ1) is 15.6. The quantitative estimate of drug-likeness (QED) is 0.498. The van der Waals surface area contributed by atoms with Crippen LogP contribution in [0.25, 0.3) is 22.6 Å². The van der Waals surface area contributed by atoms with Crippen LogP contribution in [0.5, 0.6) is 0 Å². The molecule has 3 heterocycles. The molecule has 0 bridgehead atoms. The molecule has 1 fully saturated rings. The third-order valence-corrected chi connectivity index (χ3v) is 5.81. The first-order valence-corrected chi connectivity index (χ1v) is 10.8.